The number of rotatable bonds is 12. The molecule has 0 N–H and O–H groups in total. The highest BCUT2D eigenvalue weighted by Gasteiger charge is 2.30. The van der Waals surface area contributed by atoms with Crippen LogP contribution in [0, 0.1) is 0 Å². The normalized spacial score (nSPS) is 12.4. The topological polar surface area (TPSA) is 32.2 Å². The van der Waals surface area contributed by atoms with Crippen LogP contribution in [0.15, 0.2) is 199 Å². The Kier molecular flexibility index (Phi) is 10.6. The van der Waals surface area contributed by atoms with E-state index in [-0.39, 0.29) is 11.0 Å². The molecule has 0 aliphatic carbocycles. The first-order valence-electron chi connectivity index (χ1n) is 25.2. The minimum atomic E-state index is -0.341. The first kappa shape index (κ1) is 43.5. The maximum Gasteiger partial charge on any atom is 0.135 e. The molecule has 0 bridgehead atoms. The fourth-order valence-corrected chi connectivity index (χ4v) is 11.0. The van der Waals surface area contributed by atoms with Crippen molar-refractivity contribution in [3.63, 3.8) is 0 Å². The molecular weight excluding hydrogens is 853 g/mol. The minimum absolute atomic E-state index is 0.0111. The van der Waals surface area contributed by atoms with Crippen molar-refractivity contribution in [3.8, 4) is 50.5 Å². The summed E-state index contributed by atoms with van der Waals surface area (Å²) < 4.78 is 18.9. The molecule has 9 aromatic carbocycles. The quantitative estimate of drug-likeness (QED) is 0.122. The van der Waals surface area contributed by atoms with Gasteiger partial charge in [0.15, 0.2) is 0 Å². The van der Waals surface area contributed by atoms with Gasteiger partial charge in [0, 0.05) is 54.8 Å². The molecule has 344 valence electrons. The maximum atomic E-state index is 7.33. The van der Waals surface area contributed by atoms with E-state index in [1.807, 2.05) is 0 Å². The van der Waals surface area contributed by atoms with E-state index >= 15 is 0 Å². The molecule has 0 amide bonds. The van der Waals surface area contributed by atoms with E-state index in [9.17, 15) is 0 Å². The smallest absolute Gasteiger partial charge is 0.135 e. The molecule has 12 rings (SSSR count). The van der Waals surface area contributed by atoms with Crippen LogP contribution in [0.3, 0.4) is 0 Å². The molecule has 0 spiro atoms. The predicted octanol–water partition coefficient (Wildman–Crippen LogP) is 18.8. The van der Waals surface area contributed by atoms with Crippen LogP contribution in [0.1, 0.15) is 72.8 Å². The number of para-hydroxylation sites is 4. The highest BCUT2D eigenvalue weighted by molar-refractivity contribution is 6.11. The number of furan rings is 1. The lowest BCUT2D eigenvalue weighted by molar-refractivity contribution is 0.0816. The SMILES string of the molecule is CCC(C)(CC)Oc1c(-c2ccccc2)cc(C(C)(CC)CC)cc1-c1ccc2oc3ccc(-c4cc(-n5c6ccccc6c6ccccc65)cc(-n5c6ccccc6c6ccccc65)c4)cc3c2c1. The second-order valence-corrected chi connectivity index (χ2v) is 19.8. The molecule has 0 saturated carbocycles. The van der Waals surface area contributed by atoms with Gasteiger partial charge in [-0.2, -0.15) is 0 Å². The number of aromatic nitrogens is 2. The lowest BCUT2D eigenvalue weighted by Gasteiger charge is -2.34. The van der Waals surface area contributed by atoms with Crippen molar-refractivity contribution in [1.82, 2.24) is 9.13 Å². The molecule has 12 aromatic rings. The van der Waals surface area contributed by atoms with Gasteiger partial charge in [0.05, 0.1) is 22.1 Å². The van der Waals surface area contributed by atoms with Crippen molar-refractivity contribution in [2.24, 2.45) is 0 Å². The Hall–Kier alpha value is -7.82. The van der Waals surface area contributed by atoms with Gasteiger partial charge in [0.1, 0.15) is 22.5 Å². The molecule has 4 nitrogen and oxygen atoms in total. The van der Waals surface area contributed by atoms with Gasteiger partial charge < -0.3 is 18.3 Å². The van der Waals surface area contributed by atoms with Crippen molar-refractivity contribution in [1.29, 1.82) is 0 Å². The average molecular weight is 911 g/mol. The molecule has 0 unspecified atom stereocenters. The summed E-state index contributed by atoms with van der Waals surface area (Å²) >= 11 is 0. The molecule has 0 aliphatic heterocycles. The van der Waals surface area contributed by atoms with E-state index in [2.05, 4.69) is 245 Å². The Labute approximate surface area is 410 Å². The third-order valence-corrected chi connectivity index (χ3v) is 16.0. The van der Waals surface area contributed by atoms with Crippen molar-refractivity contribution in [2.75, 3.05) is 0 Å². The van der Waals surface area contributed by atoms with Crippen LogP contribution in [0.5, 0.6) is 5.75 Å². The summed E-state index contributed by atoms with van der Waals surface area (Å²) in [6, 6.07) is 71.3. The highest BCUT2D eigenvalue weighted by atomic mass is 16.5. The van der Waals surface area contributed by atoms with Crippen LogP contribution in [-0.4, -0.2) is 14.7 Å². The number of benzene rings is 9. The van der Waals surface area contributed by atoms with Gasteiger partial charge in [-0.05, 0) is 145 Å². The van der Waals surface area contributed by atoms with Gasteiger partial charge in [-0.15, -0.1) is 0 Å². The Bertz CT molecular complexity index is 3710. The lowest BCUT2D eigenvalue weighted by atomic mass is 9.75. The van der Waals surface area contributed by atoms with Crippen LogP contribution in [0.4, 0.5) is 0 Å². The summed E-state index contributed by atoms with van der Waals surface area (Å²) in [7, 11) is 0. The highest BCUT2D eigenvalue weighted by Crippen LogP contribution is 2.48. The van der Waals surface area contributed by atoms with Crippen LogP contribution in [0.25, 0.3) is 110 Å². The number of fused-ring (bicyclic) bond motifs is 9. The molecule has 0 fully saturated rings. The Morgan fingerprint density at radius 3 is 1.29 bits per heavy atom. The zero-order chi connectivity index (χ0) is 47.7. The molecule has 70 heavy (non-hydrogen) atoms. The van der Waals surface area contributed by atoms with Crippen LogP contribution in [-0.2, 0) is 5.41 Å². The summed E-state index contributed by atoms with van der Waals surface area (Å²) in [5, 5.41) is 7.11. The third kappa shape index (κ3) is 7.03. The average Bonchev–Trinajstić information content (AvgIpc) is 4.08. The van der Waals surface area contributed by atoms with Crippen LogP contribution >= 0.6 is 0 Å². The lowest BCUT2D eigenvalue weighted by Crippen LogP contribution is -2.31. The largest absolute Gasteiger partial charge is 0.486 e. The number of ether oxygens (including phenoxy) is 1. The fraction of sp³-hybridized carbons (Fsp3) is 0.182. The molecule has 0 radical (unpaired) electrons. The standard InChI is InChI=1S/C66H58N2O2/c1-7-65(5,8-2)47-40-54(43-22-12-11-13-23-43)64(70-66(6,9-3)10-4)55(41-47)45-33-35-63-57(39-45)56-38-44(32-34-62(56)69-63)46-36-48(67-58-28-18-14-24-50(58)51-25-15-19-29-59(51)67)42-49(37-46)68-60-30-20-16-26-52(60)53-27-17-21-31-61(53)68/h11-42H,7-10H2,1-6H3. The molecule has 0 atom stereocenters. The zero-order valence-electron chi connectivity index (χ0n) is 41.0. The van der Waals surface area contributed by atoms with Crippen molar-refractivity contribution < 1.29 is 9.15 Å². The third-order valence-electron chi connectivity index (χ3n) is 16.0. The molecule has 3 heterocycles. The van der Waals surface area contributed by atoms with Gasteiger partial charge in [-0.3, -0.25) is 0 Å². The second kappa shape index (κ2) is 17.0. The summed E-state index contributed by atoms with van der Waals surface area (Å²) in [5.41, 5.74) is 16.4. The molecular formula is C66H58N2O2. The van der Waals surface area contributed by atoms with Crippen molar-refractivity contribution in [3.05, 3.63) is 200 Å². The minimum Gasteiger partial charge on any atom is -0.486 e. The van der Waals surface area contributed by atoms with E-state index in [1.165, 1.54) is 49.2 Å². The number of nitrogens with zero attached hydrogens (tertiary/aromatic N) is 2. The van der Waals surface area contributed by atoms with Crippen LogP contribution < -0.4 is 4.74 Å². The van der Waals surface area contributed by atoms with Gasteiger partial charge in [0.2, 0.25) is 0 Å². The van der Waals surface area contributed by atoms with Gasteiger partial charge in [0.25, 0.3) is 0 Å². The Morgan fingerprint density at radius 2 is 0.814 bits per heavy atom. The van der Waals surface area contributed by atoms with E-state index in [0.717, 1.165) is 98.1 Å². The zero-order valence-corrected chi connectivity index (χ0v) is 41.0. The monoisotopic (exact) mass is 910 g/mol. The molecule has 0 saturated heterocycles. The van der Waals surface area contributed by atoms with Gasteiger partial charge in [-0.25, -0.2) is 0 Å². The second-order valence-electron chi connectivity index (χ2n) is 19.8. The predicted molar refractivity (Wildman–Crippen MR) is 296 cm³/mol. The number of hydrogen-bond donors (Lipinski definition) is 0. The van der Waals surface area contributed by atoms with E-state index < -0.39 is 0 Å². The van der Waals surface area contributed by atoms with E-state index in [0.29, 0.717) is 0 Å². The molecule has 3 aromatic heterocycles. The van der Waals surface area contributed by atoms with Gasteiger partial charge >= 0.3 is 0 Å². The maximum absolute atomic E-state index is 7.33. The summed E-state index contributed by atoms with van der Waals surface area (Å²) in [5.74, 6) is 0.933. The molecule has 4 heteroatoms. The Morgan fingerprint density at radius 1 is 0.386 bits per heavy atom. The first-order valence-corrected chi connectivity index (χ1v) is 25.2. The van der Waals surface area contributed by atoms with Gasteiger partial charge in [-0.1, -0.05) is 150 Å². The van der Waals surface area contributed by atoms with Crippen molar-refractivity contribution >= 4 is 65.6 Å². The number of hydrogen-bond acceptors (Lipinski definition) is 2. The van der Waals surface area contributed by atoms with E-state index in [4.69, 9.17) is 9.15 Å². The van der Waals surface area contributed by atoms with E-state index in [1.54, 1.807) is 0 Å². The van der Waals surface area contributed by atoms with Crippen molar-refractivity contribution in [2.45, 2.75) is 78.2 Å². The molecule has 0 aliphatic rings. The summed E-state index contributed by atoms with van der Waals surface area (Å²) in [6.45, 7) is 13.7. The summed E-state index contributed by atoms with van der Waals surface area (Å²) in [4.78, 5) is 0. The summed E-state index contributed by atoms with van der Waals surface area (Å²) in [6.07, 6.45) is 3.85. The Balaban J connectivity index is 1.10. The fourth-order valence-electron chi connectivity index (χ4n) is 11.0. The van der Waals surface area contributed by atoms with Crippen LogP contribution in [0.2, 0.25) is 0 Å². The first-order chi connectivity index (χ1) is 34.2.